The van der Waals surface area contributed by atoms with Gasteiger partial charge in [-0.2, -0.15) is 4.98 Å². The molecule has 0 amide bonds. The maximum absolute atomic E-state index is 11.2. The van der Waals surface area contributed by atoms with Crippen molar-refractivity contribution < 1.29 is 13.9 Å². The summed E-state index contributed by atoms with van der Waals surface area (Å²) in [5, 5.41) is -0.153. The molecule has 104 valence electrons. The number of nitrogens with zero attached hydrogens (tertiary/aromatic N) is 1. The molecule has 0 unspecified atom stereocenters. The topological polar surface area (TPSA) is 52.3 Å². The van der Waals surface area contributed by atoms with Crippen molar-refractivity contribution in [3.8, 4) is 6.08 Å². The predicted molar refractivity (Wildman–Crippen MR) is 86.1 cm³/mol. The average molecular weight is 315 g/mol. The van der Waals surface area contributed by atoms with Crippen molar-refractivity contribution in [3.05, 3.63) is 59.7 Å². The normalized spacial score (nSPS) is 10.5. The first kappa shape index (κ1) is 13.8. The van der Waals surface area contributed by atoms with E-state index in [1.807, 2.05) is 18.2 Å². The molecule has 1 heterocycles. The third kappa shape index (κ3) is 2.96. The molecule has 0 bridgehead atoms. The number of thiocarbonyl (C=S) groups is 1. The molecular weight excluding hydrogens is 306 g/mol. The molecule has 0 atom stereocenters. The number of thiol groups is 1. The first-order chi connectivity index (χ1) is 10.1. The minimum atomic E-state index is -0.332. The maximum Gasteiger partial charge on any atom is 0.401 e. The number of benzene rings is 2. The maximum atomic E-state index is 11.2. The van der Waals surface area contributed by atoms with E-state index in [1.54, 1.807) is 30.3 Å². The number of oxazole rings is 1. The number of hydrogen-bond acceptors (Lipinski definition) is 5. The van der Waals surface area contributed by atoms with Crippen LogP contribution in [0.15, 0.2) is 52.9 Å². The Morgan fingerprint density at radius 2 is 1.90 bits per heavy atom. The van der Waals surface area contributed by atoms with Crippen LogP contribution in [0.25, 0.3) is 11.1 Å². The predicted octanol–water partition coefficient (Wildman–Crippen LogP) is 3.65. The van der Waals surface area contributed by atoms with E-state index in [1.165, 1.54) is 0 Å². The Bertz CT molecular complexity index is 809. The van der Waals surface area contributed by atoms with E-state index in [-0.39, 0.29) is 16.2 Å². The van der Waals surface area contributed by atoms with Crippen LogP contribution in [0.1, 0.15) is 15.9 Å². The lowest BCUT2D eigenvalue weighted by Gasteiger charge is -2.03. The summed E-state index contributed by atoms with van der Waals surface area (Å²) < 4.78 is 10.9. The number of hydrogen-bond donors (Lipinski definition) is 1. The van der Waals surface area contributed by atoms with Crippen LogP contribution in [0.3, 0.4) is 0 Å². The molecule has 0 spiro atoms. The van der Waals surface area contributed by atoms with Crippen LogP contribution >= 0.6 is 24.8 Å². The van der Waals surface area contributed by atoms with E-state index in [9.17, 15) is 4.79 Å². The van der Waals surface area contributed by atoms with Crippen molar-refractivity contribution in [2.75, 3.05) is 0 Å². The highest BCUT2D eigenvalue weighted by molar-refractivity contribution is 7.97. The molecule has 6 heteroatoms. The van der Waals surface area contributed by atoms with Gasteiger partial charge >= 0.3 is 6.08 Å². The van der Waals surface area contributed by atoms with E-state index >= 15 is 0 Å². The third-order valence-electron chi connectivity index (χ3n) is 2.80. The molecule has 0 saturated carbocycles. The fraction of sp³-hybridized carbons (Fsp3) is 0. The van der Waals surface area contributed by atoms with E-state index in [0.717, 1.165) is 0 Å². The zero-order valence-corrected chi connectivity index (χ0v) is 12.4. The summed E-state index contributed by atoms with van der Waals surface area (Å²) in [4.78, 5) is 15.4. The molecule has 1 aromatic heterocycles. The second-order valence-corrected chi connectivity index (χ2v) is 5.00. The van der Waals surface area contributed by atoms with Crippen molar-refractivity contribution in [3.63, 3.8) is 0 Å². The largest absolute Gasteiger partial charge is 0.409 e. The first-order valence-electron chi connectivity index (χ1n) is 6.04. The Morgan fingerprint density at radius 3 is 2.67 bits per heavy atom. The van der Waals surface area contributed by atoms with Gasteiger partial charge in [-0.05, 0) is 30.4 Å². The van der Waals surface area contributed by atoms with Gasteiger partial charge < -0.3 is 9.15 Å². The first-order valence-corrected chi connectivity index (χ1v) is 6.90. The lowest BCUT2D eigenvalue weighted by Crippen LogP contribution is -2.08. The van der Waals surface area contributed by atoms with Gasteiger partial charge in [0.1, 0.15) is 5.52 Å². The van der Waals surface area contributed by atoms with Gasteiger partial charge in [-0.15, -0.1) is 12.6 Å². The number of rotatable bonds is 3. The fourth-order valence-corrected chi connectivity index (χ4v) is 2.15. The minimum absolute atomic E-state index is 0.0730. The molecule has 0 aliphatic carbocycles. The quantitative estimate of drug-likeness (QED) is 0.590. The molecule has 4 nitrogen and oxygen atoms in total. The molecule has 2 aromatic carbocycles. The number of fused-ring (bicyclic) bond motifs is 1. The van der Waals surface area contributed by atoms with Crippen LogP contribution in [-0.4, -0.2) is 15.1 Å². The Kier molecular flexibility index (Phi) is 3.72. The van der Waals surface area contributed by atoms with Crippen LogP contribution in [0.2, 0.25) is 0 Å². The molecule has 0 aliphatic heterocycles. The molecule has 0 aliphatic rings. The molecular formula is C15H9NO3S2. The second kappa shape index (κ2) is 5.67. The van der Waals surface area contributed by atoms with E-state index in [0.29, 0.717) is 22.2 Å². The zero-order chi connectivity index (χ0) is 14.8. The van der Waals surface area contributed by atoms with E-state index in [2.05, 4.69) is 17.6 Å². The third-order valence-corrected chi connectivity index (χ3v) is 3.38. The molecule has 0 N–H and O–H groups in total. The summed E-state index contributed by atoms with van der Waals surface area (Å²) in [5.74, 6) is 0. The van der Waals surface area contributed by atoms with Crippen molar-refractivity contribution in [1.82, 2.24) is 4.98 Å². The smallest absolute Gasteiger partial charge is 0.401 e. The van der Waals surface area contributed by atoms with Crippen LogP contribution in [0, 0.1) is 0 Å². The summed E-state index contributed by atoms with van der Waals surface area (Å²) in [6.07, 6.45) is 0.0730. The van der Waals surface area contributed by atoms with Gasteiger partial charge in [0.15, 0.2) is 5.58 Å². The summed E-state index contributed by atoms with van der Waals surface area (Å²) in [7, 11) is 0. The number of carbonyl (C=O) groups is 1. The van der Waals surface area contributed by atoms with Crippen molar-refractivity contribution in [2.24, 2.45) is 0 Å². The lowest BCUT2D eigenvalue weighted by atomic mass is 10.1. The summed E-state index contributed by atoms with van der Waals surface area (Å²) in [5.41, 5.74) is 2.34. The zero-order valence-electron chi connectivity index (χ0n) is 10.6. The van der Waals surface area contributed by atoms with Gasteiger partial charge in [0.25, 0.3) is 0 Å². The number of aromatic nitrogens is 1. The summed E-state index contributed by atoms with van der Waals surface area (Å²) in [6, 6.07) is 14.0. The van der Waals surface area contributed by atoms with E-state index in [4.69, 9.17) is 21.4 Å². The SMILES string of the molecule is O=C(S)c1cccc(C(=S)Oc2nc3ccccc3o2)c1. The number of carbonyl (C=O) groups excluding carboxylic acids is 1. The lowest BCUT2D eigenvalue weighted by molar-refractivity contribution is 0.109. The van der Waals surface area contributed by atoms with Gasteiger partial charge in [-0.1, -0.05) is 30.3 Å². The Morgan fingerprint density at radius 1 is 1.14 bits per heavy atom. The highest BCUT2D eigenvalue weighted by Crippen LogP contribution is 2.21. The highest BCUT2D eigenvalue weighted by atomic mass is 32.1. The van der Waals surface area contributed by atoms with Crippen LogP contribution in [0.4, 0.5) is 0 Å². The standard InChI is InChI=1S/C15H9NO3S2/c17-13(20)9-4-3-5-10(8-9)14(21)19-15-16-11-6-1-2-7-12(11)18-15/h1-8H,(H,17,20). The summed E-state index contributed by atoms with van der Waals surface area (Å²) in [6.45, 7) is 0. The molecule has 3 rings (SSSR count). The minimum Gasteiger partial charge on any atom is -0.409 e. The average Bonchev–Trinajstić information content (AvgIpc) is 2.89. The number of para-hydroxylation sites is 2. The van der Waals surface area contributed by atoms with Gasteiger partial charge in [0.05, 0.1) is 0 Å². The highest BCUT2D eigenvalue weighted by Gasteiger charge is 2.12. The molecule has 0 fully saturated rings. The van der Waals surface area contributed by atoms with Crippen molar-refractivity contribution in [1.29, 1.82) is 0 Å². The van der Waals surface area contributed by atoms with Crippen molar-refractivity contribution >= 4 is 46.1 Å². The van der Waals surface area contributed by atoms with Crippen LogP contribution in [0.5, 0.6) is 6.08 Å². The Hall–Kier alpha value is -2.18. The monoisotopic (exact) mass is 315 g/mol. The number of ether oxygens (including phenoxy) is 1. The molecule has 21 heavy (non-hydrogen) atoms. The van der Waals surface area contributed by atoms with Crippen LogP contribution < -0.4 is 4.74 Å². The second-order valence-electron chi connectivity index (χ2n) is 4.22. The molecule has 0 saturated heterocycles. The molecule has 0 radical (unpaired) electrons. The fourth-order valence-electron chi connectivity index (χ4n) is 1.81. The molecule has 3 aromatic rings. The van der Waals surface area contributed by atoms with Gasteiger partial charge in [-0.25, -0.2) is 0 Å². The van der Waals surface area contributed by atoms with E-state index < -0.39 is 0 Å². The Balaban J connectivity index is 1.85. The van der Waals surface area contributed by atoms with Gasteiger partial charge in [0.2, 0.25) is 10.2 Å². The summed E-state index contributed by atoms with van der Waals surface area (Å²) >= 11 is 8.98. The Labute approximate surface area is 131 Å². The van der Waals surface area contributed by atoms with Crippen LogP contribution in [-0.2, 0) is 0 Å². The van der Waals surface area contributed by atoms with Gasteiger partial charge in [-0.3, -0.25) is 4.79 Å². The van der Waals surface area contributed by atoms with Crippen molar-refractivity contribution in [2.45, 2.75) is 0 Å². The van der Waals surface area contributed by atoms with Gasteiger partial charge in [0, 0.05) is 11.1 Å².